The summed E-state index contributed by atoms with van der Waals surface area (Å²) in [6, 6.07) is 27.2. The van der Waals surface area contributed by atoms with Crippen LogP contribution in [0.4, 0.5) is 0 Å². The predicted molar refractivity (Wildman–Crippen MR) is 104 cm³/mol. The van der Waals surface area contributed by atoms with Gasteiger partial charge in [0, 0.05) is 11.5 Å². The van der Waals surface area contributed by atoms with Gasteiger partial charge in [-0.2, -0.15) is 0 Å². The van der Waals surface area contributed by atoms with E-state index in [1.54, 1.807) is 12.1 Å². The molecule has 0 aliphatic rings. The zero-order valence-electron chi connectivity index (χ0n) is 14.7. The van der Waals surface area contributed by atoms with Crippen LogP contribution in [-0.4, -0.2) is 23.0 Å². The Kier molecular flexibility index (Phi) is 5.61. The molecule has 3 N–H and O–H groups in total. The highest BCUT2D eigenvalue weighted by Gasteiger charge is 2.21. The fourth-order valence-electron chi connectivity index (χ4n) is 3.12. The van der Waals surface area contributed by atoms with Crippen LogP contribution in [-0.2, 0) is 0 Å². The minimum atomic E-state index is -0.903. The van der Waals surface area contributed by atoms with Crippen molar-refractivity contribution < 1.29 is 9.90 Å². The van der Waals surface area contributed by atoms with E-state index in [-0.39, 0.29) is 11.7 Å². The van der Waals surface area contributed by atoms with Crippen LogP contribution in [0.1, 0.15) is 39.9 Å². The first-order valence-electron chi connectivity index (χ1n) is 8.75. The van der Waals surface area contributed by atoms with Crippen molar-refractivity contribution in [2.24, 2.45) is 5.73 Å². The summed E-state index contributed by atoms with van der Waals surface area (Å²) in [4.78, 5) is 12.3. The molecule has 3 aromatic rings. The second kappa shape index (κ2) is 8.09. The summed E-state index contributed by atoms with van der Waals surface area (Å²) in [7, 11) is 0. The van der Waals surface area contributed by atoms with Gasteiger partial charge in [0.2, 0.25) is 0 Å². The smallest absolute Gasteiger partial charge is 0.182 e. The van der Waals surface area contributed by atoms with Crippen molar-refractivity contribution in [2.75, 3.05) is 0 Å². The summed E-state index contributed by atoms with van der Waals surface area (Å²) in [5, 5.41) is 9.55. The van der Waals surface area contributed by atoms with E-state index >= 15 is 0 Å². The Bertz CT molecular complexity index is 803. The number of hydrogen-bond acceptors (Lipinski definition) is 3. The van der Waals surface area contributed by atoms with Crippen LogP contribution in [0.2, 0.25) is 0 Å². The van der Waals surface area contributed by atoms with E-state index in [4.69, 9.17) is 5.73 Å². The molecule has 0 aromatic heterocycles. The topological polar surface area (TPSA) is 63.3 Å². The number of ketones is 1. The number of benzene rings is 3. The van der Waals surface area contributed by atoms with Crippen molar-refractivity contribution >= 4 is 5.78 Å². The summed E-state index contributed by atoms with van der Waals surface area (Å²) in [5.41, 5.74) is 9.78. The lowest BCUT2D eigenvalue weighted by atomic mass is 9.84. The lowest BCUT2D eigenvalue weighted by Gasteiger charge is -2.19. The summed E-state index contributed by atoms with van der Waals surface area (Å²) in [5.74, 6) is -0.158. The summed E-state index contributed by atoms with van der Waals surface area (Å²) in [6.45, 7) is 1.53. The van der Waals surface area contributed by atoms with Crippen molar-refractivity contribution in [3.63, 3.8) is 0 Å². The van der Waals surface area contributed by atoms with Gasteiger partial charge in [-0.05, 0) is 23.6 Å². The normalized spacial score (nSPS) is 13.4. The molecule has 26 heavy (non-hydrogen) atoms. The molecule has 0 heterocycles. The van der Waals surface area contributed by atoms with Gasteiger partial charge in [0.25, 0.3) is 0 Å². The lowest BCUT2D eigenvalue weighted by Crippen LogP contribution is -2.40. The van der Waals surface area contributed by atoms with Gasteiger partial charge >= 0.3 is 0 Å². The van der Waals surface area contributed by atoms with Gasteiger partial charge in [-0.1, -0.05) is 84.9 Å². The molecule has 2 atom stereocenters. The predicted octanol–water partition coefficient (Wildman–Crippen LogP) is 3.76. The van der Waals surface area contributed by atoms with Crippen LogP contribution >= 0.6 is 0 Å². The fourth-order valence-corrected chi connectivity index (χ4v) is 3.12. The molecule has 0 fully saturated rings. The molecule has 0 amide bonds. The molecule has 132 valence electrons. The number of nitrogens with two attached hydrogens (primary N) is 1. The number of carbonyl (C=O) groups excluding carboxylic acids is 1. The molecule has 3 aromatic carbocycles. The van der Waals surface area contributed by atoms with Gasteiger partial charge in [-0.15, -0.1) is 0 Å². The van der Waals surface area contributed by atoms with Crippen molar-refractivity contribution in [3.8, 4) is 0 Å². The monoisotopic (exact) mass is 345 g/mol. The molecule has 0 saturated heterocycles. The highest BCUT2D eigenvalue weighted by molar-refractivity contribution is 6.00. The Balaban J connectivity index is 1.97. The number of hydrogen-bond donors (Lipinski definition) is 2. The van der Waals surface area contributed by atoms with E-state index in [9.17, 15) is 9.90 Å². The van der Waals surface area contributed by atoms with Gasteiger partial charge in [0.15, 0.2) is 5.78 Å². The van der Waals surface area contributed by atoms with Crippen LogP contribution in [0.5, 0.6) is 0 Å². The number of rotatable bonds is 6. The molecular weight excluding hydrogens is 322 g/mol. The summed E-state index contributed by atoms with van der Waals surface area (Å²) >= 11 is 0. The molecule has 0 saturated carbocycles. The maximum Gasteiger partial charge on any atom is 0.182 e. The SMILES string of the molecule is C[C@@H](O)[C@H](N)C(=O)c1ccc(C(c2ccccc2)c2ccccc2)cc1. The highest BCUT2D eigenvalue weighted by Crippen LogP contribution is 2.31. The first-order valence-corrected chi connectivity index (χ1v) is 8.75. The quantitative estimate of drug-likeness (QED) is 0.528. The molecule has 0 bridgehead atoms. The van der Waals surface area contributed by atoms with E-state index in [1.165, 1.54) is 18.1 Å². The van der Waals surface area contributed by atoms with Crippen molar-refractivity contribution in [1.82, 2.24) is 0 Å². The molecule has 3 heteroatoms. The Morgan fingerprint density at radius 3 is 1.62 bits per heavy atom. The van der Waals surface area contributed by atoms with Crippen molar-refractivity contribution in [2.45, 2.75) is 25.0 Å². The maximum absolute atomic E-state index is 12.3. The largest absolute Gasteiger partial charge is 0.391 e. The highest BCUT2D eigenvalue weighted by atomic mass is 16.3. The Labute approximate surface area is 154 Å². The zero-order valence-corrected chi connectivity index (χ0v) is 14.7. The second-order valence-corrected chi connectivity index (χ2v) is 6.51. The third kappa shape index (κ3) is 3.90. The van der Waals surface area contributed by atoms with E-state index < -0.39 is 12.1 Å². The van der Waals surface area contributed by atoms with E-state index in [0.717, 1.165) is 5.56 Å². The minimum absolute atomic E-state index is 0.0898. The first kappa shape index (κ1) is 18.1. The Morgan fingerprint density at radius 1 is 0.769 bits per heavy atom. The van der Waals surface area contributed by atoms with Gasteiger partial charge in [0.1, 0.15) is 0 Å². The summed E-state index contributed by atoms with van der Waals surface area (Å²) in [6.07, 6.45) is -0.872. The van der Waals surface area contributed by atoms with Crippen LogP contribution in [0.3, 0.4) is 0 Å². The molecule has 0 spiro atoms. The van der Waals surface area contributed by atoms with Gasteiger partial charge in [-0.25, -0.2) is 0 Å². The van der Waals surface area contributed by atoms with Crippen LogP contribution in [0.15, 0.2) is 84.9 Å². The number of aliphatic hydroxyl groups is 1. The number of Topliss-reactive ketones (excluding diaryl/α,β-unsaturated/α-hetero) is 1. The third-order valence-corrected chi connectivity index (χ3v) is 4.62. The van der Waals surface area contributed by atoms with Gasteiger partial charge in [-0.3, -0.25) is 4.79 Å². The third-order valence-electron chi connectivity index (χ3n) is 4.62. The fraction of sp³-hybridized carbons (Fsp3) is 0.174. The minimum Gasteiger partial charge on any atom is -0.391 e. The molecule has 0 radical (unpaired) electrons. The number of carbonyl (C=O) groups is 1. The molecule has 3 nitrogen and oxygen atoms in total. The zero-order chi connectivity index (χ0) is 18.5. The van der Waals surface area contributed by atoms with Gasteiger partial charge in [0.05, 0.1) is 12.1 Å². The molecule has 0 aliphatic carbocycles. The van der Waals surface area contributed by atoms with Crippen LogP contribution in [0.25, 0.3) is 0 Å². The van der Waals surface area contributed by atoms with Gasteiger partial charge < -0.3 is 10.8 Å². The maximum atomic E-state index is 12.3. The van der Waals surface area contributed by atoms with Crippen molar-refractivity contribution in [3.05, 3.63) is 107 Å². The van der Waals surface area contributed by atoms with Crippen LogP contribution < -0.4 is 5.73 Å². The Morgan fingerprint density at radius 2 is 1.19 bits per heavy atom. The standard InChI is InChI=1S/C23H23NO2/c1-16(25)22(24)23(26)20-14-12-19(13-15-20)21(17-8-4-2-5-9-17)18-10-6-3-7-11-18/h2-16,21-22,25H,24H2,1H3/t16-,22+/m1/s1. The van der Waals surface area contributed by atoms with E-state index in [0.29, 0.717) is 5.56 Å². The lowest BCUT2D eigenvalue weighted by molar-refractivity contribution is 0.0847. The molecular formula is C23H23NO2. The Hall–Kier alpha value is -2.75. The second-order valence-electron chi connectivity index (χ2n) is 6.51. The molecule has 0 aliphatic heterocycles. The van der Waals surface area contributed by atoms with Crippen molar-refractivity contribution in [1.29, 1.82) is 0 Å². The van der Waals surface area contributed by atoms with E-state index in [1.807, 2.05) is 48.5 Å². The molecule has 0 unspecified atom stereocenters. The average molecular weight is 345 g/mol. The molecule has 3 rings (SSSR count). The summed E-state index contributed by atoms with van der Waals surface area (Å²) < 4.78 is 0. The number of aliphatic hydroxyl groups excluding tert-OH is 1. The average Bonchev–Trinajstić information content (AvgIpc) is 2.69. The van der Waals surface area contributed by atoms with Crippen LogP contribution in [0, 0.1) is 0 Å². The van der Waals surface area contributed by atoms with E-state index in [2.05, 4.69) is 24.3 Å². The first-order chi connectivity index (χ1) is 12.6.